The van der Waals surface area contributed by atoms with Gasteiger partial charge in [-0.1, -0.05) is 40.2 Å². The number of aromatic nitrogens is 1. The minimum atomic E-state index is -0.306. The Bertz CT molecular complexity index is 986. The van der Waals surface area contributed by atoms with Crippen LogP contribution in [0.15, 0.2) is 57.8 Å². The first kappa shape index (κ1) is 14.6. The summed E-state index contributed by atoms with van der Waals surface area (Å²) in [5.41, 5.74) is 0.950. The minimum absolute atomic E-state index is 0.306. The molecule has 106 valence electrons. The zero-order valence-corrected chi connectivity index (χ0v) is 13.7. The van der Waals surface area contributed by atoms with Crippen molar-refractivity contribution < 1.29 is 0 Å². The molecule has 0 atom stereocenters. The average Bonchev–Trinajstić information content (AvgIpc) is 2.52. The van der Waals surface area contributed by atoms with Gasteiger partial charge in [-0.15, -0.1) is 11.3 Å². The molecule has 0 saturated carbocycles. The van der Waals surface area contributed by atoms with Crippen molar-refractivity contribution in [3.63, 3.8) is 0 Å². The molecular formula is C17H9BrN2OS. The van der Waals surface area contributed by atoms with Gasteiger partial charge in [0.05, 0.1) is 11.0 Å². The fourth-order valence-electron chi connectivity index (χ4n) is 2.03. The molecule has 0 aliphatic rings. The Morgan fingerprint density at radius 2 is 2.05 bits per heavy atom. The third-order valence-corrected chi connectivity index (χ3v) is 4.61. The first-order valence-corrected chi connectivity index (χ1v) is 8.06. The normalized spacial score (nSPS) is 11.4. The van der Waals surface area contributed by atoms with E-state index in [1.54, 1.807) is 18.2 Å². The van der Waals surface area contributed by atoms with Gasteiger partial charge < -0.3 is 0 Å². The third-order valence-electron chi connectivity index (χ3n) is 3.04. The molecule has 0 saturated heterocycles. The second kappa shape index (κ2) is 6.22. The SMILES string of the molecule is N#C/C(=C\c1cccc(Br)c1)c1nc(=O)c2ccccc2s1. The van der Waals surface area contributed by atoms with Gasteiger partial charge in [-0.25, -0.2) is 0 Å². The molecule has 0 amide bonds. The van der Waals surface area contributed by atoms with Crippen LogP contribution in [0.5, 0.6) is 0 Å². The van der Waals surface area contributed by atoms with Gasteiger partial charge in [0, 0.05) is 9.17 Å². The van der Waals surface area contributed by atoms with E-state index in [-0.39, 0.29) is 5.56 Å². The molecule has 3 rings (SSSR count). The lowest BCUT2D eigenvalue weighted by molar-refractivity contribution is 1.28. The predicted octanol–water partition coefficient (Wildman–Crippen LogP) is 4.48. The molecule has 1 heterocycles. The summed E-state index contributed by atoms with van der Waals surface area (Å²) in [7, 11) is 0. The largest absolute Gasteiger partial charge is 0.279 e. The number of halogens is 1. The molecule has 1 aromatic heterocycles. The maximum atomic E-state index is 12.1. The molecular weight excluding hydrogens is 360 g/mol. The lowest BCUT2D eigenvalue weighted by Gasteiger charge is -2.01. The van der Waals surface area contributed by atoms with Crippen molar-refractivity contribution in [2.75, 3.05) is 0 Å². The van der Waals surface area contributed by atoms with Gasteiger partial charge in [0.2, 0.25) is 0 Å². The predicted molar refractivity (Wildman–Crippen MR) is 93.5 cm³/mol. The standard InChI is InChI=1S/C17H9BrN2OS/c18-13-5-3-4-11(9-13)8-12(10-19)17-20-16(21)14-6-1-2-7-15(14)22-17/h1-9H/b12-8+. The molecule has 22 heavy (non-hydrogen) atoms. The smallest absolute Gasteiger partial charge is 0.267 e. The average molecular weight is 369 g/mol. The quantitative estimate of drug-likeness (QED) is 0.626. The molecule has 3 aromatic rings. The van der Waals surface area contributed by atoms with Crippen molar-refractivity contribution in [3.8, 4) is 6.07 Å². The molecule has 0 N–H and O–H groups in total. The second-order valence-electron chi connectivity index (χ2n) is 4.55. The van der Waals surface area contributed by atoms with Crippen molar-refractivity contribution in [3.05, 3.63) is 73.9 Å². The van der Waals surface area contributed by atoms with Gasteiger partial charge in [-0.2, -0.15) is 10.2 Å². The highest BCUT2D eigenvalue weighted by atomic mass is 79.9. The molecule has 0 spiro atoms. The van der Waals surface area contributed by atoms with Crippen LogP contribution in [0.25, 0.3) is 21.7 Å². The van der Waals surface area contributed by atoms with Gasteiger partial charge >= 0.3 is 0 Å². The number of rotatable bonds is 2. The minimum Gasteiger partial charge on any atom is -0.267 e. The van der Waals surface area contributed by atoms with Crippen molar-refractivity contribution >= 4 is 49.0 Å². The van der Waals surface area contributed by atoms with Crippen LogP contribution in [0, 0.1) is 11.3 Å². The van der Waals surface area contributed by atoms with E-state index in [0.29, 0.717) is 16.0 Å². The third kappa shape index (κ3) is 2.98. The van der Waals surface area contributed by atoms with Gasteiger partial charge in [0.15, 0.2) is 0 Å². The Morgan fingerprint density at radius 3 is 2.82 bits per heavy atom. The molecule has 0 unspecified atom stereocenters. The van der Waals surface area contributed by atoms with E-state index in [1.807, 2.05) is 36.4 Å². The molecule has 0 bridgehead atoms. The number of hydrogen-bond donors (Lipinski definition) is 0. The first-order valence-electron chi connectivity index (χ1n) is 6.45. The Morgan fingerprint density at radius 1 is 1.23 bits per heavy atom. The molecule has 5 heteroatoms. The summed E-state index contributed by atoms with van der Waals surface area (Å²) in [6, 6.07) is 17.0. The van der Waals surface area contributed by atoms with Crippen LogP contribution in [-0.4, -0.2) is 4.98 Å². The van der Waals surface area contributed by atoms with Crippen LogP contribution in [0.4, 0.5) is 0 Å². The summed E-state index contributed by atoms with van der Waals surface area (Å²) in [4.78, 5) is 16.1. The maximum absolute atomic E-state index is 12.1. The molecule has 0 aliphatic carbocycles. The fraction of sp³-hybridized carbons (Fsp3) is 0. The number of fused-ring (bicyclic) bond motifs is 1. The van der Waals surface area contributed by atoms with Gasteiger partial charge in [-0.3, -0.25) is 4.79 Å². The zero-order valence-electron chi connectivity index (χ0n) is 11.3. The van der Waals surface area contributed by atoms with Crippen LogP contribution in [0.1, 0.15) is 10.6 Å². The van der Waals surface area contributed by atoms with Gasteiger partial charge in [0.25, 0.3) is 5.56 Å². The summed E-state index contributed by atoms with van der Waals surface area (Å²) in [5.74, 6) is 0. The second-order valence-corrected chi connectivity index (χ2v) is 6.49. The highest BCUT2D eigenvalue weighted by Crippen LogP contribution is 2.24. The maximum Gasteiger partial charge on any atom is 0.279 e. The fourth-order valence-corrected chi connectivity index (χ4v) is 3.41. The summed E-state index contributed by atoms with van der Waals surface area (Å²) in [6.45, 7) is 0. The van der Waals surface area contributed by atoms with Crippen LogP contribution in [0.2, 0.25) is 0 Å². The zero-order chi connectivity index (χ0) is 15.5. The van der Waals surface area contributed by atoms with E-state index in [1.165, 1.54) is 11.3 Å². The Labute approximate surface area is 139 Å². The molecule has 0 radical (unpaired) electrons. The van der Waals surface area contributed by atoms with E-state index in [4.69, 9.17) is 0 Å². The van der Waals surface area contributed by atoms with Crippen molar-refractivity contribution in [1.82, 2.24) is 4.98 Å². The molecule has 3 nitrogen and oxygen atoms in total. The number of hydrogen-bond acceptors (Lipinski definition) is 4. The van der Waals surface area contributed by atoms with Crippen molar-refractivity contribution in [1.29, 1.82) is 5.26 Å². The summed E-state index contributed by atoms with van der Waals surface area (Å²) in [6.07, 6.45) is 1.73. The lowest BCUT2D eigenvalue weighted by Crippen LogP contribution is -2.07. The Kier molecular flexibility index (Phi) is 4.14. The highest BCUT2D eigenvalue weighted by Gasteiger charge is 2.09. The summed E-state index contributed by atoms with van der Waals surface area (Å²) in [5, 5.41) is 10.4. The molecule has 0 fully saturated rings. The topological polar surface area (TPSA) is 53.8 Å². The number of allylic oxidation sites excluding steroid dienone is 1. The van der Waals surface area contributed by atoms with E-state index in [2.05, 4.69) is 27.0 Å². The molecule has 2 aromatic carbocycles. The van der Waals surface area contributed by atoms with Gasteiger partial charge in [0.1, 0.15) is 11.1 Å². The van der Waals surface area contributed by atoms with Crippen LogP contribution >= 0.6 is 27.3 Å². The first-order chi connectivity index (χ1) is 10.7. The Hall–Kier alpha value is -2.29. The van der Waals surface area contributed by atoms with E-state index < -0.39 is 0 Å². The Balaban J connectivity index is 2.16. The molecule has 0 aliphatic heterocycles. The summed E-state index contributed by atoms with van der Waals surface area (Å²) >= 11 is 4.74. The highest BCUT2D eigenvalue weighted by molar-refractivity contribution is 9.10. The van der Waals surface area contributed by atoms with Crippen LogP contribution in [-0.2, 0) is 0 Å². The van der Waals surface area contributed by atoms with Gasteiger partial charge in [-0.05, 0) is 35.9 Å². The van der Waals surface area contributed by atoms with E-state index in [9.17, 15) is 10.1 Å². The van der Waals surface area contributed by atoms with Crippen LogP contribution < -0.4 is 5.56 Å². The number of nitriles is 1. The van der Waals surface area contributed by atoms with E-state index in [0.717, 1.165) is 14.7 Å². The lowest BCUT2D eigenvalue weighted by atomic mass is 10.1. The number of nitrogens with zero attached hydrogens (tertiary/aromatic N) is 2. The van der Waals surface area contributed by atoms with E-state index >= 15 is 0 Å². The van der Waals surface area contributed by atoms with Crippen LogP contribution in [0.3, 0.4) is 0 Å². The summed E-state index contributed by atoms with van der Waals surface area (Å²) < 4.78 is 1.76. The van der Waals surface area contributed by atoms with Crippen molar-refractivity contribution in [2.45, 2.75) is 0 Å². The monoisotopic (exact) mass is 368 g/mol. The number of benzene rings is 2. The van der Waals surface area contributed by atoms with Crippen molar-refractivity contribution in [2.24, 2.45) is 0 Å².